The number of nitrogens with one attached hydrogen (secondary N) is 5. The van der Waals surface area contributed by atoms with Crippen LogP contribution in [-0.2, 0) is 54.5 Å². The predicted octanol–water partition coefficient (Wildman–Crippen LogP) is 2.94. The van der Waals surface area contributed by atoms with Crippen molar-refractivity contribution in [1.29, 1.82) is 0 Å². The molecule has 0 saturated heterocycles. The summed E-state index contributed by atoms with van der Waals surface area (Å²) < 4.78 is 5.73. The van der Waals surface area contributed by atoms with Gasteiger partial charge in [0.1, 0.15) is 36.5 Å². The van der Waals surface area contributed by atoms with Crippen molar-refractivity contribution in [3.8, 4) is 16.9 Å². The lowest BCUT2D eigenvalue weighted by atomic mass is 9.98. The summed E-state index contributed by atoms with van der Waals surface area (Å²) in [6.45, 7) is -1.11. The number of hydrogen-bond acceptors (Lipinski definition) is 8. The number of nitrogens with zero attached hydrogens (tertiary/aromatic N) is 1. The molecule has 2 bridgehead atoms. The van der Waals surface area contributed by atoms with Gasteiger partial charge in [0.15, 0.2) is 6.61 Å². The average Bonchev–Trinajstić information content (AvgIpc) is 3.26. The van der Waals surface area contributed by atoms with Crippen LogP contribution in [0.3, 0.4) is 0 Å². The van der Waals surface area contributed by atoms with Crippen molar-refractivity contribution >= 4 is 35.5 Å². The first-order valence-electron chi connectivity index (χ1n) is 19.6. The van der Waals surface area contributed by atoms with E-state index in [1.165, 1.54) is 0 Å². The van der Waals surface area contributed by atoms with Gasteiger partial charge in [-0.15, -0.1) is 0 Å². The van der Waals surface area contributed by atoms with Gasteiger partial charge in [-0.25, -0.2) is 0 Å². The summed E-state index contributed by atoms with van der Waals surface area (Å²) in [6.07, 6.45) is 3.68. The Balaban J connectivity index is 1.35. The van der Waals surface area contributed by atoms with E-state index in [0.717, 1.165) is 16.7 Å². The number of carbonyl (C=O) groups is 6. The first kappa shape index (κ1) is 42.3. The Labute approximate surface area is 347 Å². The van der Waals surface area contributed by atoms with Gasteiger partial charge in [0.05, 0.1) is 0 Å². The molecule has 2 aliphatic heterocycles. The van der Waals surface area contributed by atoms with E-state index in [1.54, 1.807) is 48.8 Å². The van der Waals surface area contributed by atoms with E-state index < -0.39 is 72.8 Å². The van der Waals surface area contributed by atoms with Gasteiger partial charge in [-0.05, 0) is 70.5 Å². The molecule has 4 aromatic carbocycles. The fraction of sp³-hybridized carbons (Fsp3) is 0.239. The largest absolute Gasteiger partial charge is 0.484 e. The van der Waals surface area contributed by atoms with Crippen molar-refractivity contribution in [2.75, 3.05) is 13.2 Å². The molecule has 5 aromatic rings. The van der Waals surface area contributed by atoms with Gasteiger partial charge in [0.25, 0.3) is 5.91 Å². The molecular formula is C46H46N6O8. The number of ether oxygens (including phenoxy) is 1. The highest BCUT2D eigenvalue weighted by Crippen LogP contribution is 2.20. The summed E-state index contributed by atoms with van der Waals surface area (Å²) in [5.74, 6) is -4.29. The van der Waals surface area contributed by atoms with Crippen molar-refractivity contribution in [2.45, 2.75) is 56.3 Å². The minimum atomic E-state index is -1.27. The molecule has 5 amide bonds. The minimum absolute atomic E-state index is 0.0207. The van der Waals surface area contributed by atoms with E-state index in [-0.39, 0.29) is 25.7 Å². The number of aromatic nitrogens is 1. The highest BCUT2D eigenvalue weighted by Gasteiger charge is 2.32. The molecule has 0 fully saturated rings. The topological polar surface area (TPSA) is 205 Å². The molecule has 3 heterocycles. The molecule has 308 valence electrons. The normalized spacial score (nSPS) is 18.9. The fourth-order valence-corrected chi connectivity index (χ4v) is 6.75. The van der Waals surface area contributed by atoms with Crippen LogP contribution in [0, 0.1) is 0 Å². The fourth-order valence-electron chi connectivity index (χ4n) is 6.75. The van der Waals surface area contributed by atoms with Gasteiger partial charge in [0, 0.05) is 31.7 Å². The lowest BCUT2D eigenvalue weighted by Gasteiger charge is -2.27. The SMILES string of the molecule is O=C(O)CNC(=O)[C@@H]1Cc2ccc(cc2)OCC(=O)N[C@@H](Cc2ccncc2)C(=O)N[C@H](Cc2ccc(-c3ccccc3)cc2)C(=O)N[C@@H](CCc2ccccc2)C(=O)N1. The maximum atomic E-state index is 14.5. The van der Waals surface area contributed by atoms with Crippen molar-refractivity contribution in [2.24, 2.45) is 0 Å². The van der Waals surface area contributed by atoms with Gasteiger partial charge in [-0.3, -0.25) is 33.8 Å². The van der Waals surface area contributed by atoms with Crippen LogP contribution in [-0.4, -0.2) is 82.9 Å². The molecule has 2 aliphatic rings. The number of carboxylic acids is 1. The van der Waals surface area contributed by atoms with Gasteiger partial charge in [-0.2, -0.15) is 0 Å². The van der Waals surface area contributed by atoms with Crippen LogP contribution >= 0.6 is 0 Å². The summed E-state index contributed by atoms with van der Waals surface area (Å²) in [6, 6.07) is 31.8. The van der Waals surface area contributed by atoms with Crippen LogP contribution in [0.4, 0.5) is 0 Å². The molecule has 0 unspecified atom stereocenters. The van der Waals surface area contributed by atoms with Gasteiger partial charge in [0.2, 0.25) is 23.6 Å². The number of carbonyl (C=O) groups excluding carboxylic acids is 5. The number of rotatable bonds is 11. The molecular weight excluding hydrogens is 765 g/mol. The molecule has 0 spiro atoms. The van der Waals surface area contributed by atoms with Crippen molar-refractivity contribution in [3.05, 3.63) is 156 Å². The van der Waals surface area contributed by atoms with E-state index in [0.29, 0.717) is 28.9 Å². The van der Waals surface area contributed by atoms with Crippen LogP contribution in [0.15, 0.2) is 134 Å². The lowest BCUT2D eigenvalue weighted by molar-refractivity contribution is -0.138. The summed E-state index contributed by atoms with van der Waals surface area (Å²) in [7, 11) is 0. The molecule has 0 aliphatic carbocycles. The number of aryl methyl sites for hydroxylation is 1. The Morgan fingerprint density at radius 2 is 1.20 bits per heavy atom. The summed E-state index contributed by atoms with van der Waals surface area (Å²) in [4.78, 5) is 85.1. The van der Waals surface area contributed by atoms with E-state index in [4.69, 9.17) is 4.74 Å². The van der Waals surface area contributed by atoms with E-state index in [1.807, 2.05) is 84.9 Å². The zero-order chi connectivity index (χ0) is 42.3. The monoisotopic (exact) mass is 810 g/mol. The molecule has 7 rings (SSSR count). The first-order valence-corrected chi connectivity index (χ1v) is 19.6. The second-order valence-corrected chi connectivity index (χ2v) is 14.4. The van der Waals surface area contributed by atoms with E-state index in [2.05, 4.69) is 31.6 Å². The van der Waals surface area contributed by atoms with Gasteiger partial charge in [-0.1, -0.05) is 97.1 Å². The molecule has 14 heteroatoms. The second kappa shape index (κ2) is 20.9. The van der Waals surface area contributed by atoms with E-state index in [9.17, 15) is 33.9 Å². The third-order valence-corrected chi connectivity index (χ3v) is 9.95. The summed E-state index contributed by atoms with van der Waals surface area (Å²) >= 11 is 0. The quantitative estimate of drug-likeness (QED) is 0.108. The maximum absolute atomic E-state index is 14.5. The molecule has 1 aromatic heterocycles. The molecule has 0 saturated carbocycles. The van der Waals surface area contributed by atoms with E-state index >= 15 is 0 Å². The minimum Gasteiger partial charge on any atom is -0.484 e. The average molecular weight is 811 g/mol. The zero-order valence-corrected chi connectivity index (χ0v) is 32.7. The summed E-state index contributed by atoms with van der Waals surface area (Å²) in [5.41, 5.74) is 4.85. The maximum Gasteiger partial charge on any atom is 0.322 e. The number of aliphatic carboxylic acids is 1. The van der Waals surface area contributed by atoms with Crippen LogP contribution in [0.5, 0.6) is 5.75 Å². The number of benzene rings is 4. The van der Waals surface area contributed by atoms with Crippen molar-refractivity contribution in [1.82, 2.24) is 31.6 Å². The van der Waals surface area contributed by atoms with Crippen LogP contribution in [0.1, 0.15) is 28.7 Å². The molecule has 0 radical (unpaired) electrons. The highest BCUT2D eigenvalue weighted by atomic mass is 16.5. The number of fused-ring (bicyclic) bond motifs is 16. The molecule has 6 N–H and O–H groups in total. The zero-order valence-electron chi connectivity index (χ0n) is 32.7. The molecule has 60 heavy (non-hydrogen) atoms. The van der Waals surface area contributed by atoms with Crippen LogP contribution in [0.2, 0.25) is 0 Å². The Morgan fingerprint density at radius 3 is 1.85 bits per heavy atom. The van der Waals surface area contributed by atoms with Crippen LogP contribution in [0.25, 0.3) is 11.1 Å². The smallest absolute Gasteiger partial charge is 0.322 e. The van der Waals surface area contributed by atoms with Crippen molar-refractivity contribution < 1.29 is 38.6 Å². The molecule has 14 nitrogen and oxygen atoms in total. The summed E-state index contributed by atoms with van der Waals surface area (Å²) in [5, 5.41) is 22.8. The Kier molecular flexibility index (Phi) is 14.7. The standard InChI is InChI=1S/C46H46N6O8/c53-41-29-60-36-18-13-32(14-19-36)25-38(43(56)48-28-42(54)55)51-44(57)37(20-15-30-7-3-1-4-8-30)50-46(59)40(52-45(58)39(49-41)27-33-21-23-47-24-22-33)26-31-11-16-35(17-12-31)34-9-5-2-6-10-34/h1-14,16-19,21-24,37-40H,15,20,25-29H2,(H,48,56)(H,49,53)(H,50,59)(H,51,57)(H,52,58)(H,54,55)/t37-,38-,39-,40+/m0/s1. The first-order chi connectivity index (χ1) is 29.1. The number of carboxylic acid groups (broad SMARTS) is 1. The number of hydrogen-bond donors (Lipinski definition) is 6. The Hall–Kier alpha value is -7.35. The predicted molar refractivity (Wildman–Crippen MR) is 222 cm³/mol. The third kappa shape index (κ3) is 12.6. The third-order valence-electron chi connectivity index (χ3n) is 9.95. The highest BCUT2D eigenvalue weighted by molar-refractivity contribution is 5.96. The van der Waals surface area contributed by atoms with Gasteiger partial charge < -0.3 is 36.4 Å². The van der Waals surface area contributed by atoms with Crippen molar-refractivity contribution in [3.63, 3.8) is 0 Å². The number of amides is 5. The molecule has 4 atom stereocenters. The number of pyridine rings is 1. The van der Waals surface area contributed by atoms with Gasteiger partial charge >= 0.3 is 5.97 Å². The Morgan fingerprint density at radius 1 is 0.633 bits per heavy atom. The lowest BCUT2D eigenvalue weighted by Crippen LogP contribution is -2.59. The second-order valence-electron chi connectivity index (χ2n) is 14.4. The van der Waals surface area contributed by atoms with Crippen LogP contribution < -0.4 is 31.3 Å². The Bertz CT molecular complexity index is 2240.